The van der Waals surface area contributed by atoms with Crippen molar-refractivity contribution in [3.8, 4) is 0 Å². The van der Waals surface area contributed by atoms with Crippen LogP contribution in [0.1, 0.15) is 19.4 Å². The number of hydrogen-bond acceptors (Lipinski definition) is 5. The molecule has 0 saturated heterocycles. The van der Waals surface area contributed by atoms with E-state index in [1.165, 1.54) is 0 Å². The zero-order chi connectivity index (χ0) is 15.3. The van der Waals surface area contributed by atoms with Gasteiger partial charge in [-0.3, -0.25) is 0 Å². The predicted molar refractivity (Wildman–Crippen MR) is 81.1 cm³/mol. The van der Waals surface area contributed by atoms with Gasteiger partial charge in [-0.25, -0.2) is 8.42 Å². The average Bonchev–Trinajstić information content (AvgIpc) is 2.43. The summed E-state index contributed by atoms with van der Waals surface area (Å²) in [5.74, 6) is 0.115. The number of benzene rings is 1. The van der Waals surface area contributed by atoms with Crippen LogP contribution in [-0.2, 0) is 9.84 Å². The Kier molecular flexibility index (Phi) is 5.38. The van der Waals surface area contributed by atoms with Crippen LogP contribution in [-0.4, -0.2) is 44.1 Å². The second-order valence-electron chi connectivity index (χ2n) is 4.87. The van der Waals surface area contributed by atoms with Crippen LogP contribution >= 0.6 is 0 Å². The monoisotopic (exact) mass is 299 g/mol. The van der Waals surface area contributed by atoms with Gasteiger partial charge in [-0.1, -0.05) is 17.3 Å². The molecule has 0 aliphatic rings. The third kappa shape index (κ3) is 4.12. The molecule has 0 atom stereocenters. The molecule has 0 radical (unpaired) electrons. The molecule has 0 fully saturated rings. The topological polar surface area (TPSA) is 96.0 Å². The molecule has 0 aliphatic heterocycles. The van der Waals surface area contributed by atoms with Gasteiger partial charge in [0.15, 0.2) is 15.7 Å². The summed E-state index contributed by atoms with van der Waals surface area (Å²) >= 11 is 0. The van der Waals surface area contributed by atoms with Crippen LogP contribution in [0.5, 0.6) is 0 Å². The summed E-state index contributed by atoms with van der Waals surface area (Å²) in [5.41, 5.74) is 6.93. The molecule has 0 unspecified atom stereocenters. The molecule has 1 aromatic carbocycles. The largest absolute Gasteiger partial charge is 0.409 e. The molecule has 0 aromatic heterocycles. The fourth-order valence-corrected chi connectivity index (χ4v) is 2.59. The van der Waals surface area contributed by atoms with Crippen molar-refractivity contribution in [2.24, 2.45) is 10.9 Å². The van der Waals surface area contributed by atoms with Gasteiger partial charge in [0.2, 0.25) is 0 Å². The molecule has 112 valence electrons. The summed E-state index contributed by atoms with van der Waals surface area (Å²) < 4.78 is 23.6. The van der Waals surface area contributed by atoms with E-state index in [1.54, 1.807) is 39.1 Å². The minimum Gasteiger partial charge on any atom is -0.409 e. The van der Waals surface area contributed by atoms with Crippen molar-refractivity contribution in [2.45, 2.75) is 19.1 Å². The van der Waals surface area contributed by atoms with E-state index in [2.05, 4.69) is 5.16 Å². The van der Waals surface area contributed by atoms with Gasteiger partial charge in [-0.2, -0.15) is 0 Å². The van der Waals surface area contributed by atoms with Crippen molar-refractivity contribution in [3.63, 3.8) is 0 Å². The van der Waals surface area contributed by atoms with E-state index < -0.39 is 9.84 Å². The van der Waals surface area contributed by atoms with Crippen LogP contribution in [0.3, 0.4) is 0 Å². The Bertz CT molecular complexity index is 582. The molecule has 0 spiro atoms. The zero-order valence-electron chi connectivity index (χ0n) is 11.9. The van der Waals surface area contributed by atoms with Crippen molar-refractivity contribution in [2.75, 3.05) is 24.2 Å². The number of rotatable bonds is 6. The first kappa shape index (κ1) is 16.3. The molecule has 7 heteroatoms. The highest BCUT2D eigenvalue weighted by Gasteiger charge is 2.17. The average molecular weight is 299 g/mol. The van der Waals surface area contributed by atoms with E-state index in [0.29, 0.717) is 12.1 Å². The number of nitrogens with two attached hydrogens (primary N) is 1. The number of nitrogens with zero attached hydrogens (tertiary/aromatic N) is 2. The Morgan fingerprint density at radius 1 is 1.45 bits per heavy atom. The zero-order valence-corrected chi connectivity index (χ0v) is 12.8. The van der Waals surface area contributed by atoms with E-state index in [1.807, 2.05) is 11.0 Å². The van der Waals surface area contributed by atoms with Crippen molar-refractivity contribution >= 4 is 21.4 Å². The maximum Gasteiger partial charge on any atom is 0.170 e. The number of sulfone groups is 1. The molecule has 1 rings (SSSR count). The fraction of sp³-hybridized carbons (Fsp3) is 0.462. The molecular formula is C13H21N3O3S. The standard InChI is InChI=1S/C13H21N3O3S/c1-10(2)20(18,19)8-7-16(3)12-6-4-5-11(9-12)13(14)15-17/h4-6,9-10,17H,7-8H2,1-3H3,(H2,14,15). The van der Waals surface area contributed by atoms with Gasteiger partial charge in [0, 0.05) is 24.8 Å². The maximum absolute atomic E-state index is 11.8. The minimum absolute atomic E-state index is 0.0232. The van der Waals surface area contributed by atoms with Crippen LogP contribution in [0.4, 0.5) is 5.69 Å². The van der Waals surface area contributed by atoms with Gasteiger partial charge in [0.05, 0.1) is 11.0 Å². The van der Waals surface area contributed by atoms with Gasteiger partial charge in [-0.15, -0.1) is 0 Å². The predicted octanol–water partition coefficient (Wildman–Crippen LogP) is 1.04. The van der Waals surface area contributed by atoms with Gasteiger partial charge in [-0.05, 0) is 26.0 Å². The van der Waals surface area contributed by atoms with E-state index in [9.17, 15) is 8.42 Å². The number of anilines is 1. The highest BCUT2D eigenvalue weighted by Crippen LogP contribution is 2.15. The Morgan fingerprint density at radius 3 is 2.65 bits per heavy atom. The lowest BCUT2D eigenvalue weighted by atomic mass is 10.2. The van der Waals surface area contributed by atoms with Gasteiger partial charge in [0.1, 0.15) is 0 Å². The molecule has 20 heavy (non-hydrogen) atoms. The van der Waals surface area contributed by atoms with Crippen LogP contribution in [0.2, 0.25) is 0 Å². The first-order chi connectivity index (χ1) is 9.27. The Morgan fingerprint density at radius 2 is 2.10 bits per heavy atom. The van der Waals surface area contributed by atoms with Gasteiger partial charge in [0.25, 0.3) is 0 Å². The van der Waals surface area contributed by atoms with Crippen LogP contribution in [0.25, 0.3) is 0 Å². The van der Waals surface area contributed by atoms with Gasteiger partial charge >= 0.3 is 0 Å². The molecule has 1 aromatic rings. The Labute approximate surface area is 119 Å². The number of hydrogen-bond donors (Lipinski definition) is 2. The van der Waals surface area contributed by atoms with Crippen LogP contribution < -0.4 is 10.6 Å². The normalized spacial score (nSPS) is 12.7. The Balaban J connectivity index is 2.81. The van der Waals surface area contributed by atoms with E-state index in [4.69, 9.17) is 10.9 Å². The summed E-state index contributed by atoms with van der Waals surface area (Å²) in [5, 5.41) is 11.2. The lowest BCUT2D eigenvalue weighted by Gasteiger charge is -2.20. The molecule has 0 amide bonds. The minimum atomic E-state index is -3.06. The summed E-state index contributed by atoms with van der Waals surface area (Å²) in [4.78, 5) is 1.83. The molecule has 0 bridgehead atoms. The first-order valence-corrected chi connectivity index (χ1v) is 8.00. The number of amidine groups is 1. The lowest BCUT2D eigenvalue weighted by molar-refractivity contribution is 0.318. The molecule has 0 heterocycles. The van der Waals surface area contributed by atoms with Gasteiger partial charge < -0.3 is 15.8 Å². The maximum atomic E-state index is 11.8. The first-order valence-electron chi connectivity index (χ1n) is 6.28. The molecular weight excluding hydrogens is 278 g/mol. The summed E-state index contributed by atoms with van der Waals surface area (Å²) in [6.07, 6.45) is 0. The molecule has 0 aliphatic carbocycles. The van der Waals surface area contributed by atoms with Crippen molar-refractivity contribution in [1.82, 2.24) is 0 Å². The van der Waals surface area contributed by atoms with E-state index >= 15 is 0 Å². The van der Waals surface area contributed by atoms with E-state index in [0.717, 1.165) is 5.69 Å². The SMILES string of the molecule is CC(C)S(=O)(=O)CCN(C)c1cccc(/C(N)=N/O)c1. The van der Waals surface area contributed by atoms with Crippen molar-refractivity contribution < 1.29 is 13.6 Å². The van der Waals surface area contributed by atoms with E-state index in [-0.39, 0.29) is 16.8 Å². The highest BCUT2D eigenvalue weighted by molar-refractivity contribution is 7.92. The van der Waals surface area contributed by atoms with Crippen LogP contribution in [0.15, 0.2) is 29.4 Å². The number of oxime groups is 1. The lowest BCUT2D eigenvalue weighted by Crippen LogP contribution is -2.29. The quantitative estimate of drug-likeness (QED) is 0.354. The highest BCUT2D eigenvalue weighted by atomic mass is 32.2. The van der Waals surface area contributed by atoms with Crippen molar-refractivity contribution in [3.05, 3.63) is 29.8 Å². The summed E-state index contributed by atoms with van der Waals surface area (Å²) in [7, 11) is -1.26. The Hall–Kier alpha value is -1.76. The molecule has 0 saturated carbocycles. The summed E-state index contributed by atoms with van der Waals surface area (Å²) in [6.45, 7) is 3.74. The van der Waals surface area contributed by atoms with Crippen LogP contribution in [0, 0.1) is 0 Å². The second kappa shape index (κ2) is 6.60. The molecule has 3 N–H and O–H groups in total. The third-order valence-corrected chi connectivity index (χ3v) is 5.31. The second-order valence-corrected chi connectivity index (χ2v) is 7.55. The smallest absolute Gasteiger partial charge is 0.170 e. The molecule has 6 nitrogen and oxygen atoms in total. The fourth-order valence-electron chi connectivity index (χ4n) is 1.59. The van der Waals surface area contributed by atoms with Crippen molar-refractivity contribution in [1.29, 1.82) is 0 Å². The summed E-state index contributed by atoms with van der Waals surface area (Å²) in [6, 6.07) is 7.08. The third-order valence-electron chi connectivity index (χ3n) is 3.12.